The van der Waals surface area contributed by atoms with Crippen LogP contribution < -0.4 is 10.2 Å². The fraction of sp³-hybridized carbons (Fsp3) is 0.333. The zero-order valence-corrected chi connectivity index (χ0v) is 17.5. The minimum atomic E-state index is -3.87. The van der Waals surface area contributed by atoms with Crippen molar-refractivity contribution in [2.45, 2.75) is 44.6 Å². The Kier molecular flexibility index (Phi) is 6.02. The van der Waals surface area contributed by atoms with Crippen LogP contribution >= 0.6 is 0 Å². The average molecular weight is 418 g/mol. The van der Waals surface area contributed by atoms with Crippen LogP contribution in [0, 0.1) is 5.82 Å². The Morgan fingerprint density at radius 3 is 2.55 bits per heavy atom. The summed E-state index contributed by atoms with van der Waals surface area (Å²) in [6.07, 6.45) is 1.86. The zero-order chi connectivity index (χ0) is 21.2. The molecule has 1 heterocycles. The number of anilines is 1. The second-order valence-electron chi connectivity index (χ2n) is 7.05. The van der Waals surface area contributed by atoms with E-state index in [0.29, 0.717) is 18.1 Å². The summed E-state index contributed by atoms with van der Waals surface area (Å²) in [7, 11) is -3.87. The molecule has 1 aliphatic rings. The summed E-state index contributed by atoms with van der Waals surface area (Å²) in [5.74, 6) is -0.338. The van der Waals surface area contributed by atoms with E-state index in [2.05, 4.69) is 16.6 Å². The van der Waals surface area contributed by atoms with E-state index < -0.39 is 15.9 Å². The van der Waals surface area contributed by atoms with E-state index in [9.17, 15) is 17.6 Å². The number of unbranched alkanes of at least 4 members (excludes halogenated alkanes) is 1. The zero-order valence-electron chi connectivity index (χ0n) is 16.6. The van der Waals surface area contributed by atoms with Crippen LogP contribution in [0.25, 0.3) is 0 Å². The molecule has 1 aliphatic heterocycles. The number of carbonyl (C=O) groups is 1. The van der Waals surface area contributed by atoms with Gasteiger partial charge in [-0.3, -0.25) is 4.79 Å². The first-order chi connectivity index (χ1) is 13.7. The number of hydrogen-bond donors (Lipinski definition) is 1. The molecule has 2 aromatic carbocycles. The third-order valence-electron chi connectivity index (χ3n) is 4.89. The van der Waals surface area contributed by atoms with E-state index in [4.69, 9.17) is 0 Å². The molecular weight excluding hydrogens is 393 g/mol. The number of rotatable bonds is 6. The Bertz CT molecular complexity index is 1050. The third kappa shape index (κ3) is 4.48. The van der Waals surface area contributed by atoms with Crippen LogP contribution in [0.4, 0.5) is 10.1 Å². The van der Waals surface area contributed by atoms with Gasteiger partial charge in [-0.15, -0.1) is 4.40 Å². The average Bonchev–Trinajstić information content (AvgIpc) is 2.67. The lowest BCUT2D eigenvalue weighted by Crippen LogP contribution is -2.35. The second kappa shape index (κ2) is 8.32. The monoisotopic (exact) mass is 417 g/mol. The van der Waals surface area contributed by atoms with Crippen LogP contribution in [0.5, 0.6) is 0 Å². The van der Waals surface area contributed by atoms with Crippen molar-refractivity contribution in [3.05, 3.63) is 59.4 Å². The maximum absolute atomic E-state index is 13.1. The van der Waals surface area contributed by atoms with Crippen LogP contribution in [0.3, 0.4) is 0 Å². The van der Waals surface area contributed by atoms with Gasteiger partial charge in [0, 0.05) is 12.1 Å². The van der Waals surface area contributed by atoms with Gasteiger partial charge in [-0.05, 0) is 56.2 Å². The molecule has 0 saturated carbocycles. The Morgan fingerprint density at radius 2 is 1.90 bits per heavy atom. The maximum atomic E-state index is 13.1. The number of carbonyl (C=O) groups excluding carboxylic acids is 1. The molecule has 1 N–H and O–H groups in total. The van der Waals surface area contributed by atoms with Crippen molar-refractivity contribution in [3.8, 4) is 0 Å². The van der Waals surface area contributed by atoms with E-state index in [1.807, 2.05) is 4.90 Å². The molecule has 0 spiro atoms. The first-order valence-corrected chi connectivity index (χ1v) is 11.0. The maximum Gasteiger partial charge on any atom is 0.286 e. The summed E-state index contributed by atoms with van der Waals surface area (Å²) in [4.78, 5) is 14.6. The summed E-state index contributed by atoms with van der Waals surface area (Å²) in [6.45, 7) is 6.16. The van der Waals surface area contributed by atoms with Crippen molar-refractivity contribution in [3.63, 3.8) is 0 Å². The first-order valence-electron chi connectivity index (χ1n) is 9.52. The Morgan fingerprint density at radius 1 is 1.21 bits per heavy atom. The fourth-order valence-electron chi connectivity index (χ4n) is 3.24. The Hall–Kier alpha value is -2.74. The predicted molar refractivity (Wildman–Crippen MR) is 111 cm³/mol. The number of hydrogen-bond acceptors (Lipinski definition) is 4. The van der Waals surface area contributed by atoms with Crippen molar-refractivity contribution in [2.75, 3.05) is 11.4 Å². The Labute approximate surface area is 170 Å². The first kappa shape index (κ1) is 21.0. The van der Waals surface area contributed by atoms with Crippen LogP contribution in [-0.4, -0.2) is 26.7 Å². The highest BCUT2D eigenvalue weighted by molar-refractivity contribution is 7.90. The lowest BCUT2D eigenvalue weighted by molar-refractivity contribution is 0.0939. The van der Waals surface area contributed by atoms with Gasteiger partial charge in [0.2, 0.25) is 0 Å². The number of sulfonamides is 1. The van der Waals surface area contributed by atoms with Crippen molar-refractivity contribution in [1.82, 2.24) is 5.32 Å². The van der Waals surface area contributed by atoms with Gasteiger partial charge in [0.25, 0.3) is 15.9 Å². The molecule has 3 rings (SSSR count). The third-order valence-corrected chi connectivity index (χ3v) is 6.27. The van der Waals surface area contributed by atoms with Crippen LogP contribution in [-0.2, 0) is 10.0 Å². The van der Waals surface area contributed by atoms with E-state index >= 15 is 0 Å². The molecule has 0 saturated heterocycles. The van der Waals surface area contributed by atoms with Crippen molar-refractivity contribution >= 4 is 27.5 Å². The summed E-state index contributed by atoms with van der Waals surface area (Å²) in [5.41, 5.74) is 1.51. The van der Waals surface area contributed by atoms with Gasteiger partial charge in [-0.2, -0.15) is 8.42 Å². The molecule has 0 bridgehead atoms. The fourth-order valence-corrected chi connectivity index (χ4v) is 4.51. The van der Waals surface area contributed by atoms with Crippen LogP contribution in [0.1, 0.15) is 55.6 Å². The van der Waals surface area contributed by atoms with Crippen molar-refractivity contribution in [1.29, 1.82) is 0 Å². The molecule has 2 aromatic rings. The molecule has 0 radical (unpaired) electrons. The second-order valence-corrected chi connectivity index (χ2v) is 8.62. The molecule has 29 heavy (non-hydrogen) atoms. The summed E-state index contributed by atoms with van der Waals surface area (Å²) in [6, 6.07) is 10.1. The van der Waals surface area contributed by atoms with E-state index in [0.717, 1.165) is 18.4 Å². The minimum absolute atomic E-state index is 0.0290. The van der Waals surface area contributed by atoms with Crippen LogP contribution in [0.15, 0.2) is 51.8 Å². The summed E-state index contributed by atoms with van der Waals surface area (Å²) in [5, 5.41) is 2.81. The minimum Gasteiger partial charge on any atom is -0.346 e. The molecule has 8 heteroatoms. The largest absolute Gasteiger partial charge is 0.346 e. The van der Waals surface area contributed by atoms with Gasteiger partial charge >= 0.3 is 0 Å². The molecule has 1 atom stereocenters. The lowest BCUT2D eigenvalue weighted by atomic mass is 10.1. The molecule has 0 aliphatic carbocycles. The smallest absolute Gasteiger partial charge is 0.286 e. The lowest BCUT2D eigenvalue weighted by Gasteiger charge is -2.29. The predicted octanol–water partition coefficient (Wildman–Crippen LogP) is 4.04. The quantitative estimate of drug-likeness (QED) is 0.769. The number of nitrogens with zero attached hydrogens (tertiary/aromatic N) is 2. The highest BCUT2D eigenvalue weighted by Gasteiger charge is 2.29. The van der Waals surface area contributed by atoms with Crippen molar-refractivity contribution < 1.29 is 17.6 Å². The van der Waals surface area contributed by atoms with Gasteiger partial charge in [-0.25, -0.2) is 4.39 Å². The number of nitrogens with one attached hydrogen (secondary N) is 1. The normalized spacial score (nSPS) is 16.0. The standard InChI is InChI=1S/C21H24FN3O3S/c1-4-5-12-25-15(3)24-29(27,28)20-13-17(8-11-19(20)25)21(26)23-14(2)16-6-9-18(22)10-7-16/h6-11,13-14H,4-5,12H2,1-3H3,(H,23,26)/t14-/m0/s1. The molecule has 6 nitrogen and oxygen atoms in total. The number of amidine groups is 1. The molecule has 0 unspecified atom stereocenters. The van der Waals surface area contributed by atoms with Crippen LogP contribution in [0.2, 0.25) is 0 Å². The number of halogens is 1. The van der Waals surface area contributed by atoms with Gasteiger partial charge in [-0.1, -0.05) is 25.5 Å². The van der Waals surface area contributed by atoms with Gasteiger partial charge in [0.1, 0.15) is 16.5 Å². The number of amides is 1. The van der Waals surface area contributed by atoms with Gasteiger partial charge < -0.3 is 10.2 Å². The number of benzene rings is 2. The van der Waals surface area contributed by atoms with Crippen molar-refractivity contribution in [2.24, 2.45) is 4.40 Å². The van der Waals surface area contributed by atoms with Gasteiger partial charge in [0.05, 0.1) is 11.7 Å². The molecule has 154 valence electrons. The highest BCUT2D eigenvalue weighted by atomic mass is 32.2. The molecular formula is C21H24FN3O3S. The SMILES string of the molecule is CCCCN1C(C)=NS(=O)(=O)c2cc(C(=O)N[C@@H](C)c3ccc(F)cc3)ccc21. The summed E-state index contributed by atoms with van der Waals surface area (Å²) >= 11 is 0. The molecule has 0 aromatic heterocycles. The highest BCUT2D eigenvalue weighted by Crippen LogP contribution is 2.33. The Balaban J connectivity index is 1.87. The van der Waals surface area contributed by atoms with Gasteiger partial charge in [0.15, 0.2) is 0 Å². The summed E-state index contributed by atoms with van der Waals surface area (Å²) < 4.78 is 42.1. The number of fused-ring (bicyclic) bond motifs is 1. The molecule has 0 fully saturated rings. The van der Waals surface area contributed by atoms with E-state index in [1.165, 1.54) is 18.2 Å². The molecule has 1 amide bonds. The van der Waals surface area contributed by atoms with E-state index in [-0.39, 0.29) is 22.3 Å². The van der Waals surface area contributed by atoms with E-state index in [1.54, 1.807) is 38.1 Å². The topological polar surface area (TPSA) is 78.8 Å².